The van der Waals surface area contributed by atoms with Gasteiger partial charge in [0.15, 0.2) is 0 Å². The lowest BCUT2D eigenvalue weighted by atomic mass is 10.0. The molecule has 0 spiro atoms. The summed E-state index contributed by atoms with van der Waals surface area (Å²) in [5.74, 6) is 0. The minimum absolute atomic E-state index is 0.365. The molecule has 2 nitrogen and oxygen atoms in total. The SMILES string of the molecule is Clc1ccccc1C1CNCCN1Cc1cccs1. The number of thiophene rings is 1. The molecule has 0 aliphatic carbocycles. The quantitative estimate of drug-likeness (QED) is 0.931. The number of nitrogens with zero attached hydrogens (tertiary/aromatic N) is 1. The van der Waals surface area contributed by atoms with Crippen molar-refractivity contribution in [3.05, 3.63) is 57.2 Å². The summed E-state index contributed by atoms with van der Waals surface area (Å²) < 4.78 is 0. The molecule has 0 saturated carbocycles. The molecule has 19 heavy (non-hydrogen) atoms. The Morgan fingerprint density at radius 2 is 2.16 bits per heavy atom. The number of benzene rings is 1. The van der Waals surface area contributed by atoms with Gasteiger partial charge < -0.3 is 5.32 Å². The molecule has 100 valence electrons. The Morgan fingerprint density at radius 1 is 1.26 bits per heavy atom. The van der Waals surface area contributed by atoms with E-state index in [1.54, 1.807) is 0 Å². The number of rotatable bonds is 3. The van der Waals surface area contributed by atoms with E-state index in [4.69, 9.17) is 11.6 Å². The van der Waals surface area contributed by atoms with Crippen molar-refractivity contribution in [3.8, 4) is 0 Å². The number of halogens is 1. The maximum atomic E-state index is 6.35. The Bertz CT molecular complexity index is 527. The van der Waals surface area contributed by atoms with Crippen molar-refractivity contribution in [2.24, 2.45) is 0 Å². The molecule has 1 aliphatic rings. The second kappa shape index (κ2) is 6.06. The van der Waals surface area contributed by atoms with Crippen LogP contribution in [-0.2, 0) is 6.54 Å². The normalized spacial score (nSPS) is 20.6. The van der Waals surface area contributed by atoms with E-state index >= 15 is 0 Å². The summed E-state index contributed by atoms with van der Waals surface area (Å²) in [4.78, 5) is 3.93. The van der Waals surface area contributed by atoms with Gasteiger partial charge in [0.05, 0.1) is 0 Å². The highest BCUT2D eigenvalue weighted by atomic mass is 35.5. The first-order chi connectivity index (χ1) is 9.34. The number of hydrogen-bond acceptors (Lipinski definition) is 3. The van der Waals surface area contributed by atoms with Gasteiger partial charge >= 0.3 is 0 Å². The molecule has 1 fully saturated rings. The molecule has 1 saturated heterocycles. The molecular weight excluding hydrogens is 276 g/mol. The first kappa shape index (κ1) is 13.1. The first-order valence-corrected chi connectivity index (χ1v) is 7.82. The largest absolute Gasteiger partial charge is 0.314 e. The van der Waals surface area contributed by atoms with Gasteiger partial charge in [-0.15, -0.1) is 11.3 Å². The molecule has 2 heterocycles. The van der Waals surface area contributed by atoms with Crippen LogP contribution in [0, 0.1) is 0 Å². The standard InChI is InChI=1S/C15H17ClN2S/c16-14-6-2-1-5-13(14)15-10-17-7-8-18(15)11-12-4-3-9-19-12/h1-6,9,15,17H,7-8,10-11H2. The molecule has 0 amide bonds. The van der Waals surface area contributed by atoms with Gasteiger partial charge in [0.1, 0.15) is 0 Å². The van der Waals surface area contributed by atoms with Crippen LogP contribution >= 0.6 is 22.9 Å². The second-order valence-electron chi connectivity index (χ2n) is 4.79. The van der Waals surface area contributed by atoms with E-state index < -0.39 is 0 Å². The molecule has 0 radical (unpaired) electrons. The third kappa shape index (κ3) is 3.00. The van der Waals surface area contributed by atoms with Crippen molar-refractivity contribution >= 4 is 22.9 Å². The van der Waals surface area contributed by atoms with Crippen molar-refractivity contribution in [1.29, 1.82) is 0 Å². The fraction of sp³-hybridized carbons (Fsp3) is 0.333. The zero-order valence-corrected chi connectivity index (χ0v) is 12.3. The van der Waals surface area contributed by atoms with Gasteiger partial charge in [0.25, 0.3) is 0 Å². The van der Waals surface area contributed by atoms with E-state index in [2.05, 4.69) is 39.9 Å². The van der Waals surface area contributed by atoms with Crippen LogP contribution in [0.2, 0.25) is 5.02 Å². The van der Waals surface area contributed by atoms with E-state index in [0.717, 1.165) is 31.2 Å². The predicted molar refractivity (Wildman–Crippen MR) is 81.8 cm³/mol. The summed E-state index contributed by atoms with van der Waals surface area (Å²) in [6.07, 6.45) is 0. The van der Waals surface area contributed by atoms with Crippen LogP contribution in [0.1, 0.15) is 16.5 Å². The topological polar surface area (TPSA) is 15.3 Å². The van der Waals surface area contributed by atoms with E-state index in [1.807, 2.05) is 23.5 Å². The van der Waals surface area contributed by atoms with E-state index in [-0.39, 0.29) is 0 Å². The van der Waals surface area contributed by atoms with Gasteiger partial charge in [0.2, 0.25) is 0 Å². The van der Waals surface area contributed by atoms with Crippen LogP contribution in [0.3, 0.4) is 0 Å². The number of piperazine rings is 1. The van der Waals surface area contributed by atoms with Crippen LogP contribution in [0.25, 0.3) is 0 Å². The maximum absolute atomic E-state index is 6.35. The molecular formula is C15H17ClN2S. The van der Waals surface area contributed by atoms with E-state index in [1.165, 1.54) is 10.4 Å². The molecule has 1 aliphatic heterocycles. The van der Waals surface area contributed by atoms with Crippen LogP contribution in [0.4, 0.5) is 0 Å². The van der Waals surface area contributed by atoms with Gasteiger partial charge in [-0.3, -0.25) is 4.90 Å². The molecule has 2 aromatic rings. The summed E-state index contributed by atoms with van der Waals surface area (Å²) in [7, 11) is 0. The lowest BCUT2D eigenvalue weighted by Gasteiger charge is -2.36. The highest BCUT2D eigenvalue weighted by molar-refractivity contribution is 7.09. The van der Waals surface area contributed by atoms with Crippen LogP contribution in [0.15, 0.2) is 41.8 Å². The molecule has 4 heteroatoms. The lowest BCUT2D eigenvalue weighted by Crippen LogP contribution is -2.45. The summed E-state index contributed by atoms with van der Waals surface area (Å²) in [5.41, 5.74) is 1.23. The smallest absolute Gasteiger partial charge is 0.0491 e. The van der Waals surface area contributed by atoms with Gasteiger partial charge in [-0.2, -0.15) is 0 Å². The van der Waals surface area contributed by atoms with Crippen LogP contribution < -0.4 is 5.32 Å². The van der Waals surface area contributed by atoms with E-state index in [0.29, 0.717) is 6.04 Å². The summed E-state index contributed by atoms with van der Waals surface area (Å²) in [6.45, 7) is 4.09. The van der Waals surface area contributed by atoms with Crippen LogP contribution in [-0.4, -0.2) is 24.5 Å². The summed E-state index contributed by atoms with van der Waals surface area (Å²) in [5, 5.41) is 6.48. The van der Waals surface area contributed by atoms with Crippen molar-refractivity contribution in [2.75, 3.05) is 19.6 Å². The molecule has 1 unspecified atom stereocenters. The van der Waals surface area contributed by atoms with Gasteiger partial charge in [0, 0.05) is 42.1 Å². The Hall–Kier alpha value is -0.870. The first-order valence-electron chi connectivity index (χ1n) is 6.56. The maximum Gasteiger partial charge on any atom is 0.0491 e. The molecule has 0 bridgehead atoms. The van der Waals surface area contributed by atoms with Crippen LogP contribution in [0.5, 0.6) is 0 Å². The van der Waals surface area contributed by atoms with Gasteiger partial charge in [-0.05, 0) is 23.1 Å². The molecule has 1 aromatic heterocycles. The zero-order chi connectivity index (χ0) is 13.1. The van der Waals surface area contributed by atoms with Crippen molar-refractivity contribution in [1.82, 2.24) is 10.2 Å². The zero-order valence-electron chi connectivity index (χ0n) is 10.7. The fourth-order valence-corrected chi connectivity index (χ4v) is 3.58. The fourth-order valence-electron chi connectivity index (χ4n) is 2.59. The highest BCUT2D eigenvalue weighted by Crippen LogP contribution is 2.30. The summed E-state index contributed by atoms with van der Waals surface area (Å²) >= 11 is 8.18. The molecule has 1 N–H and O–H groups in total. The summed E-state index contributed by atoms with van der Waals surface area (Å²) in [6, 6.07) is 12.9. The third-order valence-electron chi connectivity index (χ3n) is 3.56. The van der Waals surface area contributed by atoms with E-state index in [9.17, 15) is 0 Å². The average Bonchev–Trinajstić information content (AvgIpc) is 2.93. The monoisotopic (exact) mass is 292 g/mol. The predicted octanol–water partition coefficient (Wildman–Crippen LogP) is 3.55. The minimum Gasteiger partial charge on any atom is -0.314 e. The highest BCUT2D eigenvalue weighted by Gasteiger charge is 2.25. The van der Waals surface area contributed by atoms with Crippen molar-refractivity contribution in [2.45, 2.75) is 12.6 Å². The molecule has 1 atom stereocenters. The molecule has 1 aromatic carbocycles. The number of nitrogens with one attached hydrogen (secondary N) is 1. The second-order valence-corrected chi connectivity index (χ2v) is 6.23. The van der Waals surface area contributed by atoms with Gasteiger partial charge in [-0.1, -0.05) is 35.9 Å². The Kier molecular flexibility index (Phi) is 4.18. The Labute approximate surface area is 123 Å². The molecule has 3 rings (SSSR count). The lowest BCUT2D eigenvalue weighted by molar-refractivity contribution is 0.155. The Morgan fingerprint density at radius 3 is 2.95 bits per heavy atom. The minimum atomic E-state index is 0.365. The van der Waals surface area contributed by atoms with Gasteiger partial charge in [-0.25, -0.2) is 0 Å². The number of hydrogen-bond donors (Lipinski definition) is 1. The third-order valence-corrected chi connectivity index (χ3v) is 4.76. The Balaban J connectivity index is 1.83. The van der Waals surface area contributed by atoms with Crippen molar-refractivity contribution < 1.29 is 0 Å². The van der Waals surface area contributed by atoms with Crippen molar-refractivity contribution in [3.63, 3.8) is 0 Å². The average molecular weight is 293 g/mol.